The Morgan fingerprint density at radius 1 is 1.46 bits per heavy atom. The van der Waals surface area contributed by atoms with Gasteiger partial charge in [-0.2, -0.15) is 0 Å². The predicted octanol–water partition coefficient (Wildman–Crippen LogP) is 4.15. The number of benzene rings is 1. The highest BCUT2D eigenvalue weighted by Gasteiger charge is 2.25. The van der Waals surface area contributed by atoms with Gasteiger partial charge in [-0.3, -0.25) is 0 Å². The summed E-state index contributed by atoms with van der Waals surface area (Å²) in [6, 6.07) is 6.38. The third kappa shape index (κ3) is 1.88. The van der Waals surface area contributed by atoms with Crippen molar-refractivity contribution in [2.75, 3.05) is 0 Å². The van der Waals surface area contributed by atoms with Crippen molar-refractivity contribution in [2.45, 2.75) is 31.6 Å². The lowest BCUT2D eigenvalue weighted by molar-refractivity contribution is 0.959. The van der Waals surface area contributed by atoms with Crippen LogP contribution in [0.15, 0.2) is 18.2 Å². The zero-order valence-corrected chi connectivity index (χ0v) is 8.64. The van der Waals surface area contributed by atoms with E-state index >= 15 is 0 Å². The lowest BCUT2D eigenvalue weighted by Crippen LogP contribution is -1.89. The Balaban J connectivity index is 2.31. The molecule has 2 rings (SSSR count). The molecule has 0 heterocycles. The molecule has 0 saturated heterocycles. The first kappa shape index (κ1) is 9.08. The molecule has 1 aromatic carbocycles. The molecule has 1 radical (unpaired) electrons. The molecule has 0 aromatic heterocycles. The molecular weight excluding hydrogens is 180 g/mol. The van der Waals surface area contributed by atoms with Crippen LogP contribution in [0.5, 0.6) is 0 Å². The summed E-state index contributed by atoms with van der Waals surface area (Å²) in [6.07, 6.45) is 2.61. The predicted molar refractivity (Wildman–Crippen MR) is 57.2 cm³/mol. The highest BCUT2D eigenvalue weighted by atomic mass is 35.5. The summed E-state index contributed by atoms with van der Waals surface area (Å²) < 4.78 is 0. The van der Waals surface area contributed by atoms with Crippen molar-refractivity contribution in [1.29, 1.82) is 0 Å². The maximum atomic E-state index is 6.18. The van der Waals surface area contributed by atoms with E-state index < -0.39 is 0 Å². The quantitative estimate of drug-likeness (QED) is 0.662. The molecule has 13 heavy (non-hydrogen) atoms. The van der Waals surface area contributed by atoms with Gasteiger partial charge in [-0.25, -0.2) is 0 Å². The van der Waals surface area contributed by atoms with Gasteiger partial charge in [0.05, 0.1) is 0 Å². The molecule has 69 valence electrons. The van der Waals surface area contributed by atoms with Gasteiger partial charge in [0.15, 0.2) is 0 Å². The minimum atomic E-state index is 0.325. The van der Waals surface area contributed by atoms with Gasteiger partial charge in [0.1, 0.15) is 0 Å². The normalized spacial score (nSPS) is 16.6. The Hall–Kier alpha value is -0.490. The molecule has 1 aliphatic rings. The minimum absolute atomic E-state index is 0.325. The van der Waals surface area contributed by atoms with Crippen molar-refractivity contribution >= 4 is 11.6 Å². The summed E-state index contributed by atoms with van der Waals surface area (Å²) in [4.78, 5) is 0. The van der Waals surface area contributed by atoms with Crippen molar-refractivity contribution in [1.82, 2.24) is 0 Å². The van der Waals surface area contributed by atoms with Crippen LogP contribution in [0, 0.1) is 6.92 Å². The Morgan fingerprint density at radius 3 is 2.62 bits per heavy atom. The molecule has 1 aromatic rings. The molecule has 1 heteroatoms. The van der Waals surface area contributed by atoms with E-state index in [4.69, 9.17) is 11.6 Å². The molecule has 1 aliphatic carbocycles. The molecule has 1 fully saturated rings. The van der Waals surface area contributed by atoms with Crippen LogP contribution >= 0.6 is 11.6 Å². The first-order valence-corrected chi connectivity index (χ1v) is 5.18. The molecule has 1 unspecified atom stereocenters. The average Bonchev–Trinajstić information content (AvgIpc) is 2.87. The van der Waals surface area contributed by atoms with Crippen molar-refractivity contribution in [2.24, 2.45) is 0 Å². The highest BCUT2D eigenvalue weighted by Crippen LogP contribution is 2.43. The van der Waals surface area contributed by atoms with Gasteiger partial charge in [0, 0.05) is 5.02 Å². The van der Waals surface area contributed by atoms with Crippen molar-refractivity contribution in [3.05, 3.63) is 41.3 Å². The number of hydrogen-bond acceptors (Lipinski definition) is 0. The fourth-order valence-electron chi connectivity index (χ4n) is 1.58. The third-order valence-electron chi connectivity index (χ3n) is 2.61. The van der Waals surface area contributed by atoms with E-state index in [-0.39, 0.29) is 0 Å². The molecule has 0 bridgehead atoms. The van der Waals surface area contributed by atoms with Crippen LogP contribution in [-0.4, -0.2) is 0 Å². The topological polar surface area (TPSA) is 0 Å². The van der Waals surface area contributed by atoms with E-state index in [1.165, 1.54) is 24.0 Å². The zero-order chi connectivity index (χ0) is 9.42. The maximum absolute atomic E-state index is 6.18. The third-order valence-corrected chi connectivity index (χ3v) is 2.94. The van der Waals surface area contributed by atoms with Crippen LogP contribution in [-0.2, 0) is 0 Å². The second-order valence-corrected chi connectivity index (χ2v) is 4.36. The smallest absolute Gasteiger partial charge is 0.0443 e. The van der Waals surface area contributed by atoms with Crippen molar-refractivity contribution in [3.8, 4) is 0 Å². The first-order chi connectivity index (χ1) is 6.18. The summed E-state index contributed by atoms with van der Waals surface area (Å²) in [5.74, 6) is 1.06. The Kier molecular flexibility index (Phi) is 2.33. The van der Waals surface area contributed by atoms with Crippen molar-refractivity contribution < 1.29 is 0 Å². The van der Waals surface area contributed by atoms with E-state index in [2.05, 4.69) is 32.0 Å². The monoisotopic (exact) mass is 193 g/mol. The van der Waals surface area contributed by atoms with Crippen LogP contribution in [0.2, 0.25) is 5.02 Å². The second-order valence-electron chi connectivity index (χ2n) is 3.96. The summed E-state index contributed by atoms with van der Waals surface area (Å²) in [5.41, 5.74) is 2.56. The summed E-state index contributed by atoms with van der Waals surface area (Å²) in [6.45, 7) is 6.07. The molecule has 1 saturated carbocycles. The zero-order valence-electron chi connectivity index (χ0n) is 7.89. The van der Waals surface area contributed by atoms with Gasteiger partial charge in [-0.05, 0) is 48.8 Å². The van der Waals surface area contributed by atoms with E-state index in [1.807, 2.05) is 0 Å². The van der Waals surface area contributed by atoms with E-state index in [1.54, 1.807) is 0 Å². The number of rotatable bonds is 2. The van der Waals surface area contributed by atoms with Crippen LogP contribution in [0.4, 0.5) is 0 Å². The van der Waals surface area contributed by atoms with Gasteiger partial charge >= 0.3 is 0 Å². The maximum Gasteiger partial charge on any atom is 0.0443 e. The Labute approximate surface area is 84.9 Å². The van der Waals surface area contributed by atoms with Crippen LogP contribution in [0.25, 0.3) is 0 Å². The standard InChI is InChI=1S/C12H14Cl/c1-8(2)10-5-6-11(9-3-4-9)12(13)7-10/h5-9H,1,3-4H2,2H3. The van der Waals surface area contributed by atoms with Gasteiger partial charge in [0.25, 0.3) is 0 Å². The SMILES string of the molecule is [CH2]C(C)c1ccc(C2CC2)c(Cl)c1. The number of hydrogen-bond donors (Lipinski definition) is 0. The molecule has 1 atom stereocenters. The van der Waals surface area contributed by atoms with Gasteiger partial charge < -0.3 is 0 Å². The Morgan fingerprint density at radius 2 is 2.15 bits per heavy atom. The Bertz CT molecular complexity index is 311. The average molecular weight is 194 g/mol. The lowest BCUT2D eigenvalue weighted by atomic mass is 10.0. The van der Waals surface area contributed by atoms with E-state index in [9.17, 15) is 0 Å². The van der Waals surface area contributed by atoms with E-state index in [0.29, 0.717) is 5.92 Å². The highest BCUT2D eigenvalue weighted by molar-refractivity contribution is 6.31. The molecule has 0 N–H and O–H groups in total. The van der Waals surface area contributed by atoms with Crippen LogP contribution in [0.1, 0.15) is 42.7 Å². The molecule has 0 aliphatic heterocycles. The molecule has 0 spiro atoms. The second kappa shape index (κ2) is 3.34. The van der Waals surface area contributed by atoms with Crippen molar-refractivity contribution in [3.63, 3.8) is 0 Å². The fourth-order valence-corrected chi connectivity index (χ4v) is 1.92. The van der Waals surface area contributed by atoms with Gasteiger partial charge in [0.2, 0.25) is 0 Å². The largest absolute Gasteiger partial charge is 0.0840 e. The first-order valence-electron chi connectivity index (χ1n) is 4.81. The van der Waals surface area contributed by atoms with Crippen LogP contribution in [0.3, 0.4) is 0 Å². The van der Waals surface area contributed by atoms with E-state index in [0.717, 1.165) is 10.9 Å². The van der Waals surface area contributed by atoms with Crippen LogP contribution < -0.4 is 0 Å². The minimum Gasteiger partial charge on any atom is -0.0840 e. The molecular formula is C12H14Cl. The number of halogens is 1. The van der Waals surface area contributed by atoms with Gasteiger partial charge in [-0.1, -0.05) is 30.7 Å². The summed E-state index contributed by atoms with van der Waals surface area (Å²) >= 11 is 6.18. The van der Waals surface area contributed by atoms with Gasteiger partial charge in [-0.15, -0.1) is 0 Å². The lowest BCUT2D eigenvalue weighted by Gasteiger charge is -2.08. The molecule has 0 nitrogen and oxygen atoms in total. The summed E-state index contributed by atoms with van der Waals surface area (Å²) in [7, 11) is 0. The summed E-state index contributed by atoms with van der Waals surface area (Å²) in [5, 5.41) is 0.926. The molecule has 0 amide bonds. The fraction of sp³-hybridized carbons (Fsp3) is 0.417.